The van der Waals surface area contributed by atoms with Gasteiger partial charge in [-0.3, -0.25) is 4.57 Å². The van der Waals surface area contributed by atoms with Gasteiger partial charge < -0.3 is 10.1 Å². The molecule has 19 heavy (non-hydrogen) atoms. The third-order valence-corrected chi connectivity index (χ3v) is 3.94. The Bertz CT molecular complexity index is 678. The van der Waals surface area contributed by atoms with Crippen LogP contribution in [0.4, 0.5) is 0 Å². The number of carboxylic acid groups (broad SMARTS) is 1. The molecule has 1 aromatic heterocycles. The number of carboxylic acids is 1. The van der Waals surface area contributed by atoms with Crippen molar-refractivity contribution in [1.29, 1.82) is 0 Å². The predicted octanol–water partition coefficient (Wildman–Crippen LogP) is 2.22. The van der Waals surface area contributed by atoms with Gasteiger partial charge in [0.25, 0.3) is 0 Å². The van der Waals surface area contributed by atoms with Crippen LogP contribution in [0.2, 0.25) is 0 Å². The number of aromatic amines is 1. The van der Waals surface area contributed by atoms with Gasteiger partial charge in [-0.1, -0.05) is 18.9 Å². The highest BCUT2D eigenvalue weighted by Crippen LogP contribution is 2.27. The Kier molecular flexibility index (Phi) is 2.89. The van der Waals surface area contributed by atoms with Gasteiger partial charge in [-0.25, -0.2) is 9.59 Å². The molecule has 3 rings (SSSR count). The SMILES string of the molecule is O=C(O)c1cccc2[nH]c(=O)n(CC3CCCC3)c12. The second-order valence-electron chi connectivity index (χ2n) is 5.20. The highest BCUT2D eigenvalue weighted by molar-refractivity contribution is 6.01. The smallest absolute Gasteiger partial charge is 0.337 e. The van der Waals surface area contributed by atoms with Crippen LogP contribution in [0.25, 0.3) is 11.0 Å². The average Bonchev–Trinajstić information content (AvgIpc) is 2.98. The molecule has 0 atom stereocenters. The van der Waals surface area contributed by atoms with E-state index in [9.17, 15) is 14.7 Å². The summed E-state index contributed by atoms with van der Waals surface area (Å²) in [6, 6.07) is 4.94. The quantitative estimate of drug-likeness (QED) is 0.888. The number of aromatic nitrogens is 2. The summed E-state index contributed by atoms with van der Waals surface area (Å²) in [6.45, 7) is 0.614. The average molecular weight is 260 g/mol. The first-order valence-electron chi connectivity index (χ1n) is 6.61. The Balaban J connectivity index is 2.13. The van der Waals surface area contributed by atoms with Crippen LogP contribution in [0.3, 0.4) is 0 Å². The van der Waals surface area contributed by atoms with E-state index in [2.05, 4.69) is 4.98 Å². The molecule has 0 amide bonds. The summed E-state index contributed by atoms with van der Waals surface area (Å²) in [5, 5.41) is 9.25. The zero-order valence-electron chi connectivity index (χ0n) is 10.6. The Morgan fingerprint density at radius 3 is 2.79 bits per heavy atom. The van der Waals surface area contributed by atoms with E-state index in [1.54, 1.807) is 22.8 Å². The van der Waals surface area contributed by atoms with Crippen LogP contribution in [0.15, 0.2) is 23.0 Å². The number of hydrogen-bond acceptors (Lipinski definition) is 2. The maximum atomic E-state index is 12.0. The Morgan fingerprint density at radius 1 is 1.37 bits per heavy atom. The molecule has 0 unspecified atom stereocenters. The number of fused-ring (bicyclic) bond motifs is 1. The zero-order chi connectivity index (χ0) is 13.4. The second-order valence-corrected chi connectivity index (χ2v) is 5.20. The third kappa shape index (κ3) is 2.05. The molecule has 5 nitrogen and oxygen atoms in total. The van der Waals surface area contributed by atoms with Gasteiger partial charge in [0.15, 0.2) is 0 Å². The number of para-hydroxylation sites is 1. The minimum atomic E-state index is -0.996. The van der Waals surface area contributed by atoms with Crippen molar-refractivity contribution >= 4 is 17.0 Å². The number of aromatic carboxylic acids is 1. The standard InChI is InChI=1S/C14H16N2O3/c17-13(18)10-6-3-7-11-12(10)16(14(19)15-11)8-9-4-1-2-5-9/h3,6-7,9H,1-2,4-5,8H2,(H,15,19)(H,17,18). The van der Waals surface area contributed by atoms with Gasteiger partial charge in [-0.15, -0.1) is 0 Å². The number of imidazole rings is 1. The van der Waals surface area contributed by atoms with Crippen molar-refractivity contribution in [2.45, 2.75) is 32.2 Å². The lowest BCUT2D eigenvalue weighted by molar-refractivity contribution is 0.0698. The van der Waals surface area contributed by atoms with Crippen LogP contribution in [0, 0.1) is 5.92 Å². The molecular weight excluding hydrogens is 244 g/mol. The van der Waals surface area contributed by atoms with Crippen molar-refractivity contribution in [2.24, 2.45) is 5.92 Å². The largest absolute Gasteiger partial charge is 0.478 e. The Labute approximate surface area is 109 Å². The molecule has 0 saturated heterocycles. The molecule has 0 bridgehead atoms. The molecule has 1 aliphatic carbocycles. The van der Waals surface area contributed by atoms with Gasteiger partial charge in [-0.05, 0) is 30.9 Å². The summed E-state index contributed by atoms with van der Waals surface area (Å²) in [5.74, 6) is -0.511. The lowest BCUT2D eigenvalue weighted by atomic mass is 10.1. The number of hydrogen-bond donors (Lipinski definition) is 2. The zero-order valence-corrected chi connectivity index (χ0v) is 10.6. The minimum absolute atomic E-state index is 0.189. The van der Waals surface area contributed by atoms with Crippen LogP contribution >= 0.6 is 0 Å². The minimum Gasteiger partial charge on any atom is -0.478 e. The van der Waals surface area contributed by atoms with E-state index in [0.717, 1.165) is 12.8 Å². The summed E-state index contributed by atoms with van der Waals surface area (Å²) < 4.78 is 1.59. The van der Waals surface area contributed by atoms with Gasteiger partial charge in [-0.2, -0.15) is 0 Å². The van der Waals surface area contributed by atoms with Crippen molar-refractivity contribution in [1.82, 2.24) is 9.55 Å². The Morgan fingerprint density at radius 2 is 2.11 bits per heavy atom. The predicted molar refractivity (Wildman–Crippen MR) is 71.5 cm³/mol. The molecular formula is C14H16N2O3. The van der Waals surface area contributed by atoms with Crippen LogP contribution in [0.5, 0.6) is 0 Å². The van der Waals surface area contributed by atoms with Crippen molar-refractivity contribution in [2.75, 3.05) is 0 Å². The molecule has 0 aliphatic heterocycles. The monoisotopic (exact) mass is 260 g/mol. The topological polar surface area (TPSA) is 75.1 Å². The molecule has 1 fully saturated rings. The van der Waals surface area contributed by atoms with Crippen molar-refractivity contribution in [3.63, 3.8) is 0 Å². The van der Waals surface area contributed by atoms with E-state index < -0.39 is 5.97 Å². The van der Waals surface area contributed by atoms with E-state index >= 15 is 0 Å². The van der Waals surface area contributed by atoms with Crippen LogP contribution in [-0.2, 0) is 6.54 Å². The first-order valence-corrected chi connectivity index (χ1v) is 6.61. The molecule has 1 saturated carbocycles. The summed E-state index contributed by atoms with van der Waals surface area (Å²) >= 11 is 0. The third-order valence-electron chi connectivity index (χ3n) is 3.94. The molecule has 0 spiro atoms. The van der Waals surface area contributed by atoms with Crippen molar-refractivity contribution in [3.05, 3.63) is 34.2 Å². The van der Waals surface area contributed by atoms with Crippen LogP contribution < -0.4 is 5.69 Å². The highest BCUT2D eigenvalue weighted by Gasteiger charge is 2.20. The fourth-order valence-corrected chi connectivity index (χ4v) is 3.02. The molecule has 2 aromatic rings. The molecule has 1 aromatic carbocycles. The van der Waals surface area contributed by atoms with Crippen molar-refractivity contribution in [3.8, 4) is 0 Å². The summed E-state index contributed by atoms with van der Waals surface area (Å²) in [4.78, 5) is 26.0. The number of benzene rings is 1. The van der Waals surface area contributed by atoms with Gasteiger partial charge in [0.1, 0.15) is 0 Å². The summed E-state index contributed by atoms with van der Waals surface area (Å²) in [6.07, 6.45) is 4.64. The van der Waals surface area contributed by atoms with Crippen molar-refractivity contribution < 1.29 is 9.90 Å². The van der Waals surface area contributed by atoms with Crippen LogP contribution in [-0.4, -0.2) is 20.6 Å². The molecule has 2 N–H and O–H groups in total. The molecule has 1 aliphatic rings. The fraction of sp³-hybridized carbons (Fsp3) is 0.429. The molecule has 5 heteroatoms. The number of carbonyl (C=O) groups is 1. The lowest BCUT2D eigenvalue weighted by Gasteiger charge is -2.11. The summed E-state index contributed by atoms with van der Waals surface area (Å²) in [5.41, 5.74) is 1.10. The van der Waals surface area contributed by atoms with Gasteiger partial charge >= 0.3 is 11.7 Å². The van der Waals surface area contributed by atoms with Gasteiger partial charge in [0.2, 0.25) is 0 Å². The molecule has 100 valence electrons. The first-order chi connectivity index (χ1) is 9.16. The van der Waals surface area contributed by atoms with E-state index in [1.165, 1.54) is 12.8 Å². The normalized spacial score (nSPS) is 16.2. The fourth-order valence-electron chi connectivity index (χ4n) is 3.02. The maximum absolute atomic E-state index is 12.0. The molecule has 1 heterocycles. The lowest BCUT2D eigenvalue weighted by Crippen LogP contribution is -2.21. The first kappa shape index (κ1) is 12.0. The van der Waals surface area contributed by atoms with Gasteiger partial charge in [0.05, 0.1) is 16.6 Å². The molecule has 0 radical (unpaired) electrons. The van der Waals surface area contributed by atoms with Gasteiger partial charge in [0, 0.05) is 6.54 Å². The highest BCUT2D eigenvalue weighted by atomic mass is 16.4. The maximum Gasteiger partial charge on any atom is 0.337 e. The van der Waals surface area contributed by atoms with E-state index in [4.69, 9.17) is 0 Å². The summed E-state index contributed by atoms with van der Waals surface area (Å²) in [7, 11) is 0. The number of nitrogens with one attached hydrogen (secondary N) is 1. The second kappa shape index (κ2) is 4.57. The van der Waals surface area contributed by atoms with E-state index in [-0.39, 0.29) is 11.3 Å². The van der Waals surface area contributed by atoms with E-state index in [1.807, 2.05) is 0 Å². The number of rotatable bonds is 3. The number of H-pyrrole nitrogens is 1. The number of nitrogens with zero attached hydrogens (tertiary/aromatic N) is 1. The van der Waals surface area contributed by atoms with Crippen LogP contribution in [0.1, 0.15) is 36.0 Å². The Hall–Kier alpha value is -2.04. The van der Waals surface area contributed by atoms with E-state index in [0.29, 0.717) is 23.5 Å².